The maximum atomic E-state index is 11.2. The molecule has 0 bridgehead atoms. The molecule has 5 nitrogen and oxygen atoms in total. The van der Waals surface area contributed by atoms with Gasteiger partial charge in [0.2, 0.25) is 5.90 Å². The SMILES string of the molecule is CCc1cc(C)cc(N=C(OC=O)c2cccnc2N2CC[C@H](C)C2)c1C. The number of pyridine rings is 1. The van der Waals surface area contributed by atoms with E-state index in [1.165, 1.54) is 5.56 Å². The molecule has 2 heterocycles. The number of hydrogen-bond donors (Lipinski definition) is 0. The summed E-state index contributed by atoms with van der Waals surface area (Å²) in [7, 11) is 0. The van der Waals surface area contributed by atoms with Crippen molar-refractivity contribution in [3.8, 4) is 0 Å². The van der Waals surface area contributed by atoms with E-state index in [1.54, 1.807) is 6.20 Å². The molecule has 1 aromatic carbocycles. The normalized spacial score (nSPS) is 17.3. The summed E-state index contributed by atoms with van der Waals surface area (Å²) < 4.78 is 5.33. The molecule has 1 saturated heterocycles. The van der Waals surface area contributed by atoms with Gasteiger partial charge in [0.1, 0.15) is 5.82 Å². The van der Waals surface area contributed by atoms with Crippen LogP contribution in [0.1, 0.15) is 42.5 Å². The van der Waals surface area contributed by atoms with Crippen molar-refractivity contribution in [3.63, 3.8) is 0 Å². The molecule has 0 unspecified atom stereocenters. The average molecular weight is 365 g/mol. The Morgan fingerprint density at radius 2 is 2.22 bits per heavy atom. The van der Waals surface area contributed by atoms with Crippen LogP contribution < -0.4 is 4.90 Å². The van der Waals surface area contributed by atoms with Crippen LogP contribution in [0, 0.1) is 19.8 Å². The number of nitrogens with zero attached hydrogens (tertiary/aromatic N) is 3. The number of rotatable bonds is 5. The van der Waals surface area contributed by atoms with Crippen molar-refractivity contribution in [2.75, 3.05) is 18.0 Å². The van der Waals surface area contributed by atoms with Gasteiger partial charge in [-0.1, -0.05) is 19.9 Å². The molecule has 5 heteroatoms. The Balaban J connectivity index is 2.09. The lowest BCUT2D eigenvalue weighted by atomic mass is 10.0. The molecule has 1 fully saturated rings. The number of aliphatic imine (C=N–C) groups is 1. The second kappa shape index (κ2) is 8.33. The minimum absolute atomic E-state index is 0.295. The third-order valence-electron chi connectivity index (χ3n) is 5.14. The molecule has 0 radical (unpaired) electrons. The van der Waals surface area contributed by atoms with Gasteiger partial charge in [-0.15, -0.1) is 0 Å². The van der Waals surface area contributed by atoms with E-state index in [4.69, 9.17) is 9.73 Å². The molecule has 0 spiro atoms. The molecule has 1 aliphatic rings. The highest BCUT2D eigenvalue weighted by atomic mass is 16.5. The summed E-state index contributed by atoms with van der Waals surface area (Å²) in [4.78, 5) is 22.7. The fourth-order valence-corrected chi connectivity index (χ4v) is 3.64. The monoisotopic (exact) mass is 365 g/mol. The Morgan fingerprint density at radius 3 is 2.89 bits per heavy atom. The van der Waals surface area contributed by atoms with Crippen LogP contribution >= 0.6 is 0 Å². The molecule has 0 amide bonds. The van der Waals surface area contributed by atoms with Crippen LogP contribution in [0.5, 0.6) is 0 Å². The van der Waals surface area contributed by atoms with Crippen molar-refractivity contribution >= 4 is 23.9 Å². The zero-order valence-corrected chi connectivity index (χ0v) is 16.5. The Morgan fingerprint density at radius 1 is 1.41 bits per heavy atom. The predicted octanol–water partition coefficient (Wildman–Crippen LogP) is 4.36. The van der Waals surface area contributed by atoms with Crippen molar-refractivity contribution in [3.05, 3.63) is 52.7 Å². The van der Waals surface area contributed by atoms with Crippen molar-refractivity contribution < 1.29 is 9.53 Å². The number of anilines is 1. The van der Waals surface area contributed by atoms with Crippen molar-refractivity contribution in [2.24, 2.45) is 10.9 Å². The Labute approximate surface area is 161 Å². The summed E-state index contributed by atoms with van der Waals surface area (Å²) in [6.45, 7) is 10.8. The molecule has 0 aliphatic carbocycles. The quantitative estimate of drug-likeness (QED) is 0.449. The summed E-state index contributed by atoms with van der Waals surface area (Å²) in [5, 5.41) is 0. The van der Waals surface area contributed by atoms with Crippen LogP contribution in [-0.2, 0) is 16.0 Å². The third kappa shape index (κ3) is 4.18. The minimum Gasteiger partial charge on any atom is -0.409 e. The van der Waals surface area contributed by atoms with Gasteiger partial charge in [0, 0.05) is 19.3 Å². The second-order valence-corrected chi connectivity index (χ2v) is 7.27. The number of aryl methyl sites for hydroxylation is 2. The van der Waals surface area contributed by atoms with E-state index < -0.39 is 0 Å². The number of carbonyl (C=O) groups is 1. The number of benzene rings is 1. The number of hydrogen-bond acceptors (Lipinski definition) is 5. The van der Waals surface area contributed by atoms with Gasteiger partial charge in [0.15, 0.2) is 0 Å². The smallest absolute Gasteiger partial charge is 0.299 e. The molecule has 27 heavy (non-hydrogen) atoms. The van der Waals surface area contributed by atoms with E-state index in [-0.39, 0.29) is 0 Å². The predicted molar refractivity (Wildman–Crippen MR) is 109 cm³/mol. The first-order chi connectivity index (χ1) is 13.0. The van der Waals surface area contributed by atoms with Crippen LogP contribution in [0.2, 0.25) is 0 Å². The van der Waals surface area contributed by atoms with E-state index in [2.05, 4.69) is 43.6 Å². The Bertz CT molecular complexity index is 861. The Kier molecular flexibility index (Phi) is 5.89. The molecular formula is C22H27N3O2. The molecule has 0 N–H and O–H groups in total. The molecule has 3 rings (SSSR count). The molecule has 1 aliphatic heterocycles. The van der Waals surface area contributed by atoms with Crippen molar-refractivity contribution in [2.45, 2.75) is 40.5 Å². The summed E-state index contributed by atoms with van der Waals surface area (Å²) in [6, 6.07) is 7.97. The standard InChI is InChI=1S/C22H27N3O2/c1-5-18-11-16(3)12-20(17(18)4)24-22(27-14-26)19-7-6-9-23-21(19)25-10-8-15(2)13-25/h6-7,9,11-12,14-15H,5,8,10,13H2,1-4H3/t15-/m0/s1. The van der Waals surface area contributed by atoms with Gasteiger partial charge in [0.25, 0.3) is 6.47 Å². The molecule has 1 atom stereocenters. The van der Waals surface area contributed by atoms with Crippen LogP contribution in [0.15, 0.2) is 35.5 Å². The molecular weight excluding hydrogens is 338 g/mol. The maximum Gasteiger partial charge on any atom is 0.299 e. The van der Waals surface area contributed by atoms with E-state index in [0.717, 1.165) is 54.1 Å². The topological polar surface area (TPSA) is 54.8 Å². The molecule has 2 aromatic rings. The van der Waals surface area contributed by atoms with Gasteiger partial charge in [0.05, 0.1) is 11.3 Å². The van der Waals surface area contributed by atoms with E-state index in [0.29, 0.717) is 18.3 Å². The first-order valence-electron chi connectivity index (χ1n) is 9.53. The highest BCUT2D eigenvalue weighted by molar-refractivity contribution is 6.03. The van der Waals surface area contributed by atoms with Crippen LogP contribution in [0.4, 0.5) is 11.5 Å². The zero-order valence-electron chi connectivity index (χ0n) is 16.5. The fourth-order valence-electron chi connectivity index (χ4n) is 3.64. The highest BCUT2D eigenvalue weighted by Gasteiger charge is 2.24. The van der Waals surface area contributed by atoms with Crippen molar-refractivity contribution in [1.82, 2.24) is 4.98 Å². The summed E-state index contributed by atoms with van der Waals surface area (Å²) >= 11 is 0. The maximum absolute atomic E-state index is 11.2. The summed E-state index contributed by atoms with van der Waals surface area (Å²) in [5.41, 5.74) is 5.07. The van der Waals surface area contributed by atoms with Gasteiger partial charge in [-0.05, 0) is 67.5 Å². The number of carbonyl (C=O) groups excluding carboxylic acids is 1. The zero-order chi connectivity index (χ0) is 19.4. The average Bonchev–Trinajstić information content (AvgIpc) is 3.10. The van der Waals surface area contributed by atoms with Crippen LogP contribution in [0.3, 0.4) is 0 Å². The van der Waals surface area contributed by atoms with E-state index in [1.807, 2.05) is 18.2 Å². The molecule has 142 valence electrons. The van der Waals surface area contributed by atoms with Crippen LogP contribution in [-0.4, -0.2) is 30.4 Å². The van der Waals surface area contributed by atoms with Gasteiger partial charge in [-0.3, -0.25) is 4.79 Å². The minimum atomic E-state index is 0.295. The largest absolute Gasteiger partial charge is 0.409 e. The second-order valence-electron chi connectivity index (χ2n) is 7.27. The Hall–Kier alpha value is -2.69. The van der Waals surface area contributed by atoms with Gasteiger partial charge < -0.3 is 9.64 Å². The lowest BCUT2D eigenvalue weighted by molar-refractivity contribution is -0.121. The first kappa shape index (κ1) is 19.1. The highest BCUT2D eigenvalue weighted by Crippen LogP contribution is 2.29. The third-order valence-corrected chi connectivity index (χ3v) is 5.14. The van der Waals surface area contributed by atoms with Gasteiger partial charge in [-0.25, -0.2) is 9.98 Å². The van der Waals surface area contributed by atoms with Gasteiger partial charge >= 0.3 is 0 Å². The lowest BCUT2D eigenvalue weighted by Gasteiger charge is -2.20. The molecule has 1 aromatic heterocycles. The number of aromatic nitrogens is 1. The lowest BCUT2D eigenvalue weighted by Crippen LogP contribution is -2.23. The van der Waals surface area contributed by atoms with Crippen LogP contribution in [0.25, 0.3) is 0 Å². The van der Waals surface area contributed by atoms with Crippen molar-refractivity contribution in [1.29, 1.82) is 0 Å². The summed E-state index contributed by atoms with van der Waals surface area (Å²) in [6.07, 6.45) is 3.84. The van der Waals surface area contributed by atoms with E-state index >= 15 is 0 Å². The molecule has 0 saturated carbocycles. The number of ether oxygens (including phenoxy) is 1. The first-order valence-corrected chi connectivity index (χ1v) is 9.53. The fraction of sp³-hybridized carbons (Fsp3) is 0.409. The van der Waals surface area contributed by atoms with E-state index in [9.17, 15) is 4.79 Å². The van der Waals surface area contributed by atoms with Gasteiger partial charge in [-0.2, -0.15) is 0 Å². The summed E-state index contributed by atoms with van der Waals surface area (Å²) in [5.74, 6) is 1.74.